The first-order valence-corrected chi connectivity index (χ1v) is 10.4. The van der Waals surface area contributed by atoms with Gasteiger partial charge in [-0.2, -0.15) is 0 Å². The Balaban J connectivity index is 1.62. The fourth-order valence-corrected chi connectivity index (χ4v) is 4.49. The van der Waals surface area contributed by atoms with E-state index >= 15 is 0 Å². The van der Waals surface area contributed by atoms with Gasteiger partial charge in [-0.3, -0.25) is 9.69 Å². The maximum absolute atomic E-state index is 12.6. The van der Waals surface area contributed by atoms with Crippen molar-refractivity contribution in [2.75, 3.05) is 13.6 Å². The van der Waals surface area contributed by atoms with E-state index in [2.05, 4.69) is 29.2 Å². The molecule has 0 N–H and O–H groups in total. The van der Waals surface area contributed by atoms with Crippen LogP contribution in [0.4, 0.5) is 0 Å². The quantitative estimate of drug-likeness (QED) is 0.742. The van der Waals surface area contributed by atoms with Gasteiger partial charge in [0.1, 0.15) is 5.01 Å². The number of likely N-dealkylation sites (tertiary alicyclic amines) is 1. The summed E-state index contributed by atoms with van der Waals surface area (Å²) in [5, 5.41) is 3.98. The Hall–Kier alpha value is -1.43. The number of aryl methyl sites for hydroxylation is 1. The minimum absolute atomic E-state index is 0.244. The number of amides is 1. The summed E-state index contributed by atoms with van der Waals surface area (Å²) in [4.78, 5) is 21.6. The number of hydrogen-bond donors (Lipinski definition) is 0. The summed E-state index contributed by atoms with van der Waals surface area (Å²) < 4.78 is 0. The summed E-state index contributed by atoms with van der Waals surface area (Å²) >= 11 is 7.67. The number of nitrogens with zero attached hydrogens (tertiary/aromatic N) is 3. The van der Waals surface area contributed by atoms with Gasteiger partial charge in [-0.1, -0.05) is 23.7 Å². The van der Waals surface area contributed by atoms with Gasteiger partial charge in [-0.15, -0.1) is 11.3 Å². The summed E-state index contributed by atoms with van der Waals surface area (Å²) in [6.07, 6.45) is 2.50. The minimum atomic E-state index is 0.244. The van der Waals surface area contributed by atoms with Crippen molar-refractivity contribution in [3.63, 3.8) is 0 Å². The topological polar surface area (TPSA) is 36.4 Å². The molecular formula is C20H26ClN3OS. The number of aromatic nitrogens is 1. The summed E-state index contributed by atoms with van der Waals surface area (Å²) in [6, 6.07) is 8.43. The standard InChI is InChI=1S/C20H26ClN3OS/c1-14-13-26-20(22-14)15(2)23(3)18-8-9-19(25)24(11-10-18)12-16-4-6-17(21)7-5-16/h4-7,13,15,18H,8-12H2,1-3H3. The molecule has 2 heterocycles. The Morgan fingerprint density at radius 3 is 2.73 bits per heavy atom. The number of rotatable bonds is 5. The van der Waals surface area contributed by atoms with Crippen molar-refractivity contribution in [2.24, 2.45) is 0 Å². The van der Waals surface area contributed by atoms with Gasteiger partial charge in [0.05, 0.1) is 6.04 Å². The van der Waals surface area contributed by atoms with Crippen LogP contribution in [0.25, 0.3) is 0 Å². The smallest absolute Gasteiger partial charge is 0.222 e. The number of halogens is 1. The Morgan fingerprint density at radius 1 is 1.35 bits per heavy atom. The molecule has 6 heteroatoms. The first kappa shape index (κ1) is 19.3. The molecule has 2 unspecified atom stereocenters. The SMILES string of the molecule is Cc1csc(C(C)N(C)C2CCC(=O)N(Cc3ccc(Cl)cc3)CC2)n1. The zero-order valence-corrected chi connectivity index (χ0v) is 17.2. The van der Waals surface area contributed by atoms with Crippen molar-refractivity contribution in [2.45, 2.75) is 51.7 Å². The van der Waals surface area contributed by atoms with Gasteiger partial charge < -0.3 is 4.90 Å². The molecule has 26 heavy (non-hydrogen) atoms. The van der Waals surface area contributed by atoms with E-state index in [4.69, 9.17) is 11.6 Å². The highest BCUT2D eigenvalue weighted by Crippen LogP contribution is 2.28. The van der Waals surface area contributed by atoms with E-state index in [9.17, 15) is 4.79 Å². The Bertz CT molecular complexity index is 746. The molecule has 1 aliphatic heterocycles. The molecule has 3 rings (SSSR count). The molecule has 0 bridgehead atoms. The summed E-state index contributed by atoms with van der Waals surface area (Å²) in [5.74, 6) is 0.244. The molecule has 0 spiro atoms. The van der Waals surface area contributed by atoms with Crippen LogP contribution >= 0.6 is 22.9 Å². The summed E-state index contributed by atoms with van der Waals surface area (Å²) in [6.45, 7) is 5.69. The Labute approximate surface area is 164 Å². The lowest BCUT2D eigenvalue weighted by molar-refractivity contribution is -0.131. The van der Waals surface area contributed by atoms with Crippen molar-refractivity contribution in [1.29, 1.82) is 0 Å². The molecule has 0 radical (unpaired) electrons. The van der Waals surface area contributed by atoms with E-state index < -0.39 is 0 Å². The number of carbonyl (C=O) groups excluding carboxylic acids is 1. The van der Waals surface area contributed by atoms with E-state index in [0.29, 0.717) is 19.0 Å². The maximum Gasteiger partial charge on any atom is 0.222 e. The lowest BCUT2D eigenvalue weighted by Gasteiger charge is -2.31. The van der Waals surface area contributed by atoms with Crippen molar-refractivity contribution in [3.8, 4) is 0 Å². The van der Waals surface area contributed by atoms with E-state index in [1.165, 1.54) is 0 Å². The van der Waals surface area contributed by atoms with E-state index in [0.717, 1.165) is 40.7 Å². The van der Waals surface area contributed by atoms with Gasteiger partial charge in [0.2, 0.25) is 5.91 Å². The molecule has 1 amide bonds. The number of benzene rings is 1. The number of hydrogen-bond acceptors (Lipinski definition) is 4. The van der Waals surface area contributed by atoms with E-state index in [1.54, 1.807) is 11.3 Å². The summed E-state index contributed by atoms with van der Waals surface area (Å²) in [7, 11) is 2.16. The monoisotopic (exact) mass is 391 g/mol. The van der Waals surface area contributed by atoms with Gasteiger partial charge >= 0.3 is 0 Å². The normalized spacial score (nSPS) is 19.7. The van der Waals surface area contributed by atoms with Gasteiger partial charge in [-0.05, 0) is 51.4 Å². The number of thiazole rings is 1. The zero-order chi connectivity index (χ0) is 18.7. The van der Waals surface area contributed by atoms with Gasteiger partial charge in [0.15, 0.2) is 0 Å². The highest BCUT2D eigenvalue weighted by molar-refractivity contribution is 7.09. The molecular weight excluding hydrogens is 366 g/mol. The van der Waals surface area contributed by atoms with Crippen molar-refractivity contribution in [1.82, 2.24) is 14.8 Å². The maximum atomic E-state index is 12.6. The van der Waals surface area contributed by atoms with E-state index in [1.807, 2.05) is 36.1 Å². The van der Waals surface area contributed by atoms with Gasteiger partial charge in [0, 0.05) is 41.6 Å². The largest absolute Gasteiger partial charge is 0.338 e. The molecule has 1 aromatic heterocycles. The van der Waals surface area contributed by atoms with Crippen LogP contribution in [-0.2, 0) is 11.3 Å². The molecule has 0 saturated carbocycles. The molecule has 140 valence electrons. The first-order chi connectivity index (χ1) is 12.4. The minimum Gasteiger partial charge on any atom is -0.338 e. The number of carbonyl (C=O) groups is 1. The van der Waals surface area contributed by atoms with E-state index in [-0.39, 0.29) is 11.9 Å². The molecule has 2 atom stereocenters. The third kappa shape index (κ3) is 4.64. The van der Waals surface area contributed by atoms with Crippen LogP contribution < -0.4 is 0 Å². The second-order valence-electron chi connectivity index (χ2n) is 7.09. The predicted molar refractivity (Wildman–Crippen MR) is 108 cm³/mol. The van der Waals surface area contributed by atoms with Crippen LogP contribution in [0.5, 0.6) is 0 Å². The van der Waals surface area contributed by atoms with Crippen LogP contribution in [0.1, 0.15) is 48.5 Å². The van der Waals surface area contributed by atoms with Crippen LogP contribution in [0.15, 0.2) is 29.6 Å². The third-order valence-electron chi connectivity index (χ3n) is 5.24. The third-order valence-corrected chi connectivity index (χ3v) is 6.63. The van der Waals surface area contributed by atoms with Crippen LogP contribution in [0, 0.1) is 6.92 Å². The van der Waals surface area contributed by atoms with Gasteiger partial charge in [-0.25, -0.2) is 4.98 Å². The fraction of sp³-hybridized carbons (Fsp3) is 0.500. The van der Waals surface area contributed by atoms with Crippen LogP contribution in [0.2, 0.25) is 5.02 Å². The Morgan fingerprint density at radius 2 is 2.08 bits per heavy atom. The molecule has 1 aromatic carbocycles. The molecule has 1 saturated heterocycles. The average Bonchev–Trinajstić information content (AvgIpc) is 2.98. The lowest BCUT2D eigenvalue weighted by Crippen LogP contribution is -2.35. The second-order valence-corrected chi connectivity index (χ2v) is 8.42. The zero-order valence-electron chi connectivity index (χ0n) is 15.6. The summed E-state index contributed by atoms with van der Waals surface area (Å²) in [5.41, 5.74) is 2.21. The Kier molecular flexibility index (Phi) is 6.33. The van der Waals surface area contributed by atoms with Crippen molar-refractivity contribution < 1.29 is 4.79 Å². The highest BCUT2D eigenvalue weighted by atomic mass is 35.5. The van der Waals surface area contributed by atoms with Crippen molar-refractivity contribution in [3.05, 3.63) is 50.9 Å². The van der Waals surface area contributed by atoms with Crippen molar-refractivity contribution >= 4 is 28.8 Å². The van der Waals surface area contributed by atoms with Crippen LogP contribution in [0.3, 0.4) is 0 Å². The van der Waals surface area contributed by atoms with Crippen LogP contribution in [-0.4, -0.2) is 40.3 Å². The molecule has 0 aliphatic carbocycles. The highest BCUT2D eigenvalue weighted by Gasteiger charge is 2.28. The molecule has 2 aromatic rings. The molecule has 1 fully saturated rings. The predicted octanol–water partition coefficient (Wildman–Crippen LogP) is 4.68. The molecule has 4 nitrogen and oxygen atoms in total. The fourth-order valence-electron chi connectivity index (χ4n) is 3.46. The molecule has 1 aliphatic rings. The first-order valence-electron chi connectivity index (χ1n) is 9.10. The average molecular weight is 392 g/mol. The van der Waals surface area contributed by atoms with Gasteiger partial charge in [0.25, 0.3) is 0 Å². The second kappa shape index (κ2) is 8.51. The lowest BCUT2D eigenvalue weighted by atomic mass is 10.1.